The van der Waals surface area contributed by atoms with E-state index in [0.29, 0.717) is 38.6 Å². The van der Waals surface area contributed by atoms with Crippen molar-refractivity contribution in [2.75, 3.05) is 19.8 Å². The van der Waals surface area contributed by atoms with E-state index in [2.05, 4.69) is 10.6 Å². The average molecular weight is 561 g/mol. The molecule has 5 atom stereocenters. The number of hydrogen-bond donors (Lipinski definition) is 3. The first-order valence-corrected chi connectivity index (χ1v) is 12.9. The molecular formula is C25H40N2O12. The first kappa shape index (κ1) is 33.8. The van der Waals surface area contributed by atoms with E-state index in [1.165, 1.54) is 13.8 Å². The van der Waals surface area contributed by atoms with Crippen molar-refractivity contribution in [1.82, 2.24) is 10.6 Å². The maximum Gasteiger partial charge on any atom is 0.303 e. The second-order valence-corrected chi connectivity index (χ2v) is 9.10. The van der Waals surface area contributed by atoms with Gasteiger partial charge in [0.2, 0.25) is 11.8 Å². The molecule has 0 aromatic carbocycles. The van der Waals surface area contributed by atoms with E-state index in [1.807, 2.05) is 0 Å². The van der Waals surface area contributed by atoms with Crippen LogP contribution in [0.4, 0.5) is 0 Å². The van der Waals surface area contributed by atoms with Gasteiger partial charge in [-0.1, -0.05) is 6.42 Å². The molecule has 3 N–H and O–H groups in total. The summed E-state index contributed by atoms with van der Waals surface area (Å²) in [6.07, 6.45) is -1.33. The Hall–Kier alpha value is -3.26. The van der Waals surface area contributed by atoms with Crippen molar-refractivity contribution < 1.29 is 57.6 Å². The summed E-state index contributed by atoms with van der Waals surface area (Å²) >= 11 is 0. The van der Waals surface area contributed by atoms with Crippen molar-refractivity contribution in [1.29, 1.82) is 0 Å². The first-order valence-electron chi connectivity index (χ1n) is 12.9. The Kier molecular flexibility index (Phi) is 15.7. The SMILES string of the molecule is CC(=O)N[C@H]1[C@H](OCCCCC(=O)NCCCCCC(=O)O)O[C@H](COC(C)=O)[C@H](OC(C)=O)[C@@H]1OC(C)=O. The Morgan fingerprint density at radius 3 is 2.03 bits per heavy atom. The summed E-state index contributed by atoms with van der Waals surface area (Å²) in [5.74, 6) is -3.47. The molecule has 0 aromatic rings. The lowest BCUT2D eigenvalue weighted by Crippen LogP contribution is -2.66. The van der Waals surface area contributed by atoms with Crippen LogP contribution in [0.5, 0.6) is 0 Å². The van der Waals surface area contributed by atoms with E-state index in [9.17, 15) is 28.8 Å². The lowest BCUT2D eigenvalue weighted by atomic mass is 9.96. The van der Waals surface area contributed by atoms with Gasteiger partial charge >= 0.3 is 23.9 Å². The van der Waals surface area contributed by atoms with Crippen molar-refractivity contribution >= 4 is 35.7 Å². The smallest absolute Gasteiger partial charge is 0.303 e. The van der Waals surface area contributed by atoms with E-state index in [-0.39, 0.29) is 32.0 Å². The van der Waals surface area contributed by atoms with Gasteiger partial charge in [0.05, 0.1) is 0 Å². The summed E-state index contributed by atoms with van der Waals surface area (Å²) in [4.78, 5) is 69.5. The average Bonchev–Trinajstić information content (AvgIpc) is 2.82. The number of esters is 3. The van der Waals surface area contributed by atoms with E-state index in [4.69, 9.17) is 28.8 Å². The predicted octanol–water partition coefficient (Wildman–Crippen LogP) is 0.591. The fraction of sp³-hybridized carbons (Fsp3) is 0.760. The fourth-order valence-electron chi connectivity index (χ4n) is 3.91. The number of carboxylic acids is 1. The molecule has 2 amide bonds. The number of nitrogens with one attached hydrogen (secondary N) is 2. The monoisotopic (exact) mass is 560 g/mol. The van der Waals surface area contributed by atoms with Gasteiger partial charge in [0.25, 0.3) is 0 Å². The van der Waals surface area contributed by atoms with Crippen LogP contribution in [0.25, 0.3) is 0 Å². The first-order chi connectivity index (χ1) is 18.4. The number of carbonyl (C=O) groups excluding carboxylic acids is 5. The molecule has 1 heterocycles. The molecule has 1 aliphatic heterocycles. The lowest BCUT2D eigenvalue weighted by Gasteiger charge is -2.44. The van der Waals surface area contributed by atoms with Crippen LogP contribution in [0.1, 0.15) is 72.6 Å². The second-order valence-electron chi connectivity index (χ2n) is 9.10. The van der Waals surface area contributed by atoms with Gasteiger partial charge < -0.3 is 39.4 Å². The Balaban J connectivity index is 2.73. The topological polar surface area (TPSA) is 193 Å². The molecule has 0 unspecified atom stereocenters. The van der Waals surface area contributed by atoms with Crippen LogP contribution in [0.15, 0.2) is 0 Å². The lowest BCUT2D eigenvalue weighted by molar-refractivity contribution is -0.277. The van der Waals surface area contributed by atoms with Crippen LogP contribution in [0, 0.1) is 0 Å². The Labute approximate surface area is 227 Å². The molecule has 14 heteroatoms. The molecule has 39 heavy (non-hydrogen) atoms. The highest BCUT2D eigenvalue weighted by Crippen LogP contribution is 2.28. The highest BCUT2D eigenvalue weighted by Gasteiger charge is 2.51. The molecule has 1 aliphatic rings. The van der Waals surface area contributed by atoms with Crippen LogP contribution < -0.4 is 10.6 Å². The Bertz CT molecular complexity index is 849. The normalized spacial score (nSPS) is 22.3. The molecule has 0 radical (unpaired) electrons. The molecule has 0 bridgehead atoms. The molecule has 14 nitrogen and oxygen atoms in total. The van der Waals surface area contributed by atoms with Crippen LogP contribution >= 0.6 is 0 Å². The Morgan fingerprint density at radius 2 is 1.44 bits per heavy atom. The van der Waals surface area contributed by atoms with Gasteiger partial charge in [0, 0.05) is 53.7 Å². The van der Waals surface area contributed by atoms with Gasteiger partial charge in [-0.15, -0.1) is 0 Å². The molecule has 1 rings (SSSR count). The van der Waals surface area contributed by atoms with Crippen LogP contribution in [0.3, 0.4) is 0 Å². The van der Waals surface area contributed by atoms with Crippen LogP contribution in [-0.2, 0) is 52.5 Å². The molecule has 0 spiro atoms. The van der Waals surface area contributed by atoms with Crippen molar-refractivity contribution in [3.63, 3.8) is 0 Å². The van der Waals surface area contributed by atoms with Crippen molar-refractivity contribution in [3.8, 4) is 0 Å². The van der Waals surface area contributed by atoms with Crippen LogP contribution in [0.2, 0.25) is 0 Å². The minimum atomic E-state index is -1.20. The zero-order valence-electron chi connectivity index (χ0n) is 22.9. The number of rotatable bonds is 17. The Morgan fingerprint density at radius 1 is 0.795 bits per heavy atom. The maximum absolute atomic E-state index is 12.0. The molecule has 0 aromatic heterocycles. The zero-order valence-corrected chi connectivity index (χ0v) is 22.9. The van der Waals surface area contributed by atoms with Crippen molar-refractivity contribution in [3.05, 3.63) is 0 Å². The number of carboxylic acid groups (broad SMARTS) is 1. The highest BCUT2D eigenvalue weighted by molar-refractivity contribution is 5.75. The second kappa shape index (κ2) is 18.1. The maximum atomic E-state index is 12.0. The summed E-state index contributed by atoms with van der Waals surface area (Å²) in [7, 11) is 0. The third kappa shape index (κ3) is 14.5. The summed E-state index contributed by atoms with van der Waals surface area (Å²) in [5.41, 5.74) is 0. The van der Waals surface area contributed by atoms with Gasteiger partial charge in [-0.25, -0.2) is 0 Å². The largest absolute Gasteiger partial charge is 0.481 e. The minimum absolute atomic E-state index is 0.109. The number of ether oxygens (including phenoxy) is 5. The van der Waals surface area contributed by atoms with Gasteiger partial charge in [-0.05, 0) is 25.7 Å². The molecule has 1 saturated heterocycles. The number of hydrogen-bond acceptors (Lipinski definition) is 11. The number of carbonyl (C=O) groups is 6. The van der Waals surface area contributed by atoms with E-state index in [0.717, 1.165) is 13.8 Å². The van der Waals surface area contributed by atoms with E-state index in [1.54, 1.807) is 0 Å². The zero-order chi connectivity index (χ0) is 29.4. The summed E-state index contributed by atoms with van der Waals surface area (Å²) < 4.78 is 27.5. The molecule has 1 fully saturated rings. The van der Waals surface area contributed by atoms with E-state index < -0.39 is 60.4 Å². The van der Waals surface area contributed by atoms with Gasteiger partial charge in [0.1, 0.15) is 18.8 Å². The number of unbranched alkanes of at least 4 members (excludes halogenated alkanes) is 3. The van der Waals surface area contributed by atoms with Gasteiger partial charge in [-0.2, -0.15) is 0 Å². The molecule has 0 aliphatic carbocycles. The molecule has 0 saturated carbocycles. The predicted molar refractivity (Wildman–Crippen MR) is 133 cm³/mol. The number of aliphatic carboxylic acids is 1. The van der Waals surface area contributed by atoms with Crippen molar-refractivity contribution in [2.45, 2.75) is 103 Å². The van der Waals surface area contributed by atoms with Gasteiger partial charge in [0.15, 0.2) is 18.5 Å². The van der Waals surface area contributed by atoms with Gasteiger partial charge in [-0.3, -0.25) is 28.8 Å². The molecular weight excluding hydrogens is 520 g/mol. The third-order valence-corrected chi connectivity index (χ3v) is 5.54. The minimum Gasteiger partial charge on any atom is -0.481 e. The summed E-state index contributed by atoms with van der Waals surface area (Å²) in [5, 5.41) is 14.0. The highest BCUT2D eigenvalue weighted by atomic mass is 16.7. The number of amides is 2. The third-order valence-electron chi connectivity index (χ3n) is 5.54. The van der Waals surface area contributed by atoms with Crippen molar-refractivity contribution in [2.24, 2.45) is 0 Å². The van der Waals surface area contributed by atoms with Crippen LogP contribution in [-0.4, -0.2) is 91.2 Å². The quantitative estimate of drug-likeness (QED) is 0.128. The standard InChI is InChI=1S/C25H40N2O12/c1-15(28)27-22-24(38-18(4)31)23(37-17(3)30)19(14-36-16(2)29)39-25(22)35-13-9-7-10-20(32)26-12-8-5-6-11-21(33)34/h19,22-25H,5-14H2,1-4H3,(H,26,32)(H,27,28)(H,33,34)/t19-,22-,23+,24-,25-/m1/s1. The summed E-state index contributed by atoms with van der Waals surface area (Å²) in [6, 6.07) is -1.05. The fourth-order valence-corrected chi connectivity index (χ4v) is 3.91. The molecule has 222 valence electrons. The summed E-state index contributed by atoms with van der Waals surface area (Å²) in [6.45, 7) is 5.01. The van der Waals surface area contributed by atoms with E-state index >= 15 is 0 Å².